The highest BCUT2D eigenvalue weighted by Crippen LogP contribution is 2.21. The molecule has 7 heteroatoms. The van der Waals surface area contributed by atoms with E-state index in [0.717, 1.165) is 6.07 Å². The number of nitrogens with zero attached hydrogens (tertiary/aromatic N) is 1. The maximum absolute atomic E-state index is 13.7. The molecule has 0 saturated heterocycles. The zero-order chi connectivity index (χ0) is 15.4. The van der Waals surface area contributed by atoms with Crippen LogP contribution in [0.1, 0.15) is 16.1 Å². The lowest BCUT2D eigenvalue weighted by atomic mass is 10.1. The van der Waals surface area contributed by atoms with Crippen LogP contribution in [0.4, 0.5) is 10.1 Å². The second-order valence-electron chi connectivity index (χ2n) is 4.02. The molecule has 1 aromatic heterocycles. The molecular formula is C14H9Cl2FN2O2. The van der Waals surface area contributed by atoms with Crippen LogP contribution >= 0.6 is 23.2 Å². The molecule has 0 bridgehead atoms. The summed E-state index contributed by atoms with van der Waals surface area (Å²) in [7, 11) is 0. The van der Waals surface area contributed by atoms with Crippen molar-refractivity contribution in [2.75, 3.05) is 11.2 Å². The van der Waals surface area contributed by atoms with Crippen molar-refractivity contribution in [2.45, 2.75) is 0 Å². The van der Waals surface area contributed by atoms with Crippen molar-refractivity contribution in [1.29, 1.82) is 0 Å². The minimum Gasteiger partial charge on any atom is -0.323 e. The van der Waals surface area contributed by atoms with E-state index in [4.69, 9.17) is 23.2 Å². The molecule has 1 amide bonds. The zero-order valence-corrected chi connectivity index (χ0v) is 12.1. The van der Waals surface area contributed by atoms with Gasteiger partial charge in [-0.2, -0.15) is 0 Å². The van der Waals surface area contributed by atoms with Crippen molar-refractivity contribution in [2.24, 2.45) is 0 Å². The minimum atomic E-state index is -0.682. The molecule has 0 spiro atoms. The lowest BCUT2D eigenvalue weighted by molar-refractivity contribution is -0.113. The summed E-state index contributed by atoms with van der Waals surface area (Å²) in [6.45, 7) is 0. The van der Waals surface area contributed by atoms with Crippen LogP contribution in [0.5, 0.6) is 0 Å². The van der Waals surface area contributed by atoms with Crippen LogP contribution in [0.3, 0.4) is 0 Å². The Bertz CT molecular complexity index is 707. The van der Waals surface area contributed by atoms with Gasteiger partial charge < -0.3 is 5.32 Å². The Hall–Kier alpha value is -1.98. The van der Waals surface area contributed by atoms with Crippen LogP contribution in [0.15, 0.2) is 36.4 Å². The maximum Gasteiger partial charge on any atom is 0.239 e. The van der Waals surface area contributed by atoms with Gasteiger partial charge in [-0.3, -0.25) is 9.59 Å². The molecule has 2 rings (SSSR count). The second kappa shape index (κ2) is 6.65. The predicted molar refractivity (Wildman–Crippen MR) is 78.4 cm³/mol. The standard InChI is InChI=1S/C14H9Cl2FN2O2/c15-7-12(20)18-10-5-6-11(16)19-13(10)14(21)8-3-1-2-4-9(8)17/h1-6H,7H2,(H,18,20). The molecule has 0 saturated carbocycles. The molecular weight excluding hydrogens is 318 g/mol. The number of carbonyl (C=O) groups excluding carboxylic acids is 2. The Kier molecular flexibility index (Phi) is 4.88. The summed E-state index contributed by atoms with van der Waals surface area (Å²) in [4.78, 5) is 27.6. The molecule has 1 heterocycles. The molecule has 2 aromatic rings. The fourth-order valence-corrected chi connectivity index (χ4v) is 1.88. The van der Waals surface area contributed by atoms with Crippen molar-refractivity contribution in [3.8, 4) is 0 Å². The number of nitrogens with one attached hydrogen (secondary N) is 1. The molecule has 0 unspecified atom stereocenters. The molecule has 0 radical (unpaired) electrons. The average molecular weight is 327 g/mol. The number of aromatic nitrogens is 1. The number of benzene rings is 1. The SMILES string of the molecule is O=C(CCl)Nc1ccc(Cl)nc1C(=O)c1ccccc1F. The molecule has 0 atom stereocenters. The summed E-state index contributed by atoms with van der Waals surface area (Å²) in [5.74, 6) is -2.15. The summed E-state index contributed by atoms with van der Waals surface area (Å²) in [6.07, 6.45) is 0. The highest BCUT2D eigenvalue weighted by atomic mass is 35.5. The van der Waals surface area contributed by atoms with Crippen LogP contribution in [0, 0.1) is 5.82 Å². The van der Waals surface area contributed by atoms with Gasteiger partial charge >= 0.3 is 0 Å². The molecule has 0 aliphatic rings. The van der Waals surface area contributed by atoms with Crippen LogP contribution < -0.4 is 5.32 Å². The fraction of sp³-hybridized carbons (Fsp3) is 0.0714. The van der Waals surface area contributed by atoms with E-state index in [2.05, 4.69) is 10.3 Å². The van der Waals surface area contributed by atoms with E-state index in [1.54, 1.807) is 0 Å². The lowest BCUT2D eigenvalue weighted by Crippen LogP contribution is -2.17. The van der Waals surface area contributed by atoms with E-state index in [1.807, 2.05) is 0 Å². The first-order valence-corrected chi connectivity index (χ1v) is 6.75. The smallest absolute Gasteiger partial charge is 0.239 e. The van der Waals surface area contributed by atoms with Crippen molar-refractivity contribution >= 4 is 40.6 Å². The van der Waals surface area contributed by atoms with Crippen molar-refractivity contribution in [1.82, 2.24) is 4.98 Å². The second-order valence-corrected chi connectivity index (χ2v) is 4.68. The molecule has 0 aliphatic carbocycles. The Morgan fingerprint density at radius 3 is 2.57 bits per heavy atom. The summed E-state index contributed by atoms with van der Waals surface area (Å²) in [5.41, 5.74) is -0.182. The molecule has 1 N–H and O–H groups in total. The largest absolute Gasteiger partial charge is 0.323 e. The number of pyridine rings is 1. The third kappa shape index (κ3) is 3.56. The van der Waals surface area contributed by atoms with E-state index >= 15 is 0 Å². The number of hydrogen-bond acceptors (Lipinski definition) is 3. The van der Waals surface area contributed by atoms with E-state index in [1.165, 1.54) is 30.3 Å². The Labute approximate surface area is 129 Å². The van der Waals surface area contributed by atoms with Gasteiger partial charge in [0.1, 0.15) is 22.5 Å². The number of amides is 1. The van der Waals surface area contributed by atoms with E-state index < -0.39 is 17.5 Å². The van der Waals surface area contributed by atoms with Gasteiger partial charge in [0.2, 0.25) is 11.7 Å². The number of hydrogen-bond donors (Lipinski definition) is 1. The van der Waals surface area contributed by atoms with Gasteiger partial charge in [0.05, 0.1) is 11.3 Å². The van der Waals surface area contributed by atoms with Gasteiger partial charge in [-0.1, -0.05) is 23.7 Å². The van der Waals surface area contributed by atoms with Gasteiger partial charge in [0.15, 0.2) is 0 Å². The Balaban J connectivity index is 2.47. The van der Waals surface area contributed by atoms with E-state index in [9.17, 15) is 14.0 Å². The Morgan fingerprint density at radius 1 is 1.19 bits per heavy atom. The molecule has 0 aliphatic heterocycles. The summed E-state index contributed by atoms with van der Waals surface area (Å²) >= 11 is 11.2. The summed E-state index contributed by atoms with van der Waals surface area (Å²) in [6, 6.07) is 8.30. The highest BCUT2D eigenvalue weighted by molar-refractivity contribution is 6.30. The molecule has 1 aromatic carbocycles. The fourth-order valence-electron chi connectivity index (χ4n) is 1.67. The van der Waals surface area contributed by atoms with Crippen LogP contribution in [0.2, 0.25) is 5.15 Å². The van der Waals surface area contributed by atoms with Gasteiger partial charge in [-0.15, -0.1) is 11.6 Å². The normalized spacial score (nSPS) is 10.2. The van der Waals surface area contributed by atoms with Crippen molar-refractivity contribution in [3.63, 3.8) is 0 Å². The molecule has 4 nitrogen and oxygen atoms in total. The first-order valence-electron chi connectivity index (χ1n) is 5.84. The minimum absolute atomic E-state index is 0.0542. The first kappa shape index (κ1) is 15.4. The number of anilines is 1. The average Bonchev–Trinajstić information content (AvgIpc) is 2.48. The lowest BCUT2D eigenvalue weighted by Gasteiger charge is -2.09. The van der Waals surface area contributed by atoms with Crippen molar-refractivity contribution < 1.29 is 14.0 Å². The summed E-state index contributed by atoms with van der Waals surface area (Å²) in [5, 5.41) is 2.48. The van der Waals surface area contributed by atoms with Crippen LogP contribution in [0.25, 0.3) is 0 Å². The number of rotatable bonds is 4. The highest BCUT2D eigenvalue weighted by Gasteiger charge is 2.20. The number of alkyl halides is 1. The maximum atomic E-state index is 13.7. The van der Waals surface area contributed by atoms with Gasteiger partial charge in [0, 0.05) is 0 Å². The predicted octanol–water partition coefficient (Wildman–Crippen LogP) is 3.28. The van der Waals surface area contributed by atoms with Gasteiger partial charge in [0.25, 0.3) is 0 Å². The van der Waals surface area contributed by atoms with E-state index in [0.29, 0.717) is 0 Å². The summed E-state index contributed by atoms with van der Waals surface area (Å²) < 4.78 is 13.7. The zero-order valence-electron chi connectivity index (χ0n) is 10.6. The molecule has 21 heavy (non-hydrogen) atoms. The Morgan fingerprint density at radius 2 is 1.90 bits per heavy atom. The monoisotopic (exact) mass is 326 g/mol. The third-order valence-electron chi connectivity index (χ3n) is 2.59. The first-order chi connectivity index (χ1) is 10.0. The van der Waals surface area contributed by atoms with Gasteiger partial charge in [-0.05, 0) is 24.3 Å². The number of halogens is 3. The third-order valence-corrected chi connectivity index (χ3v) is 3.04. The number of carbonyl (C=O) groups is 2. The topological polar surface area (TPSA) is 59.1 Å². The van der Waals surface area contributed by atoms with E-state index in [-0.39, 0.29) is 28.0 Å². The quantitative estimate of drug-likeness (QED) is 0.533. The molecule has 108 valence electrons. The molecule has 0 fully saturated rings. The van der Waals surface area contributed by atoms with Crippen molar-refractivity contribution in [3.05, 3.63) is 58.6 Å². The van der Waals surface area contributed by atoms with Crippen LogP contribution in [-0.2, 0) is 4.79 Å². The number of ketones is 1. The van der Waals surface area contributed by atoms with Gasteiger partial charge in [-0.25, -0.2) is 9.37 Å². The van der Waals surface area contributed by atoms with Crippen LogP contribution in [-0.4, -0.2) is 22.6 Å².